The van der Waals surface area contributed by atoms with Gasteiger partial charge in [0.25, 0.3) is 0 Å². The molecule has 15 heavy (non-hydrogen) atoms. The second-order valence-electron chi connectivity index (χ2n) is 4.14. The summed E-state index contributed by atoms with van der Waals surface area (Å²) in [6.07, 6.45) is 3.31. The Kier molecular flexibility index (Phi) is 6.96. The lowest BCUT2D eigenvalue weighted by molar-refractivity contribution is -0.131. The van der Waals surface area contributed by atoms with Gasteiger partial charge in [0.05, 0.1) is 6.04 Å². The number of unbranched alkanes of at least 4 members (excludes halogenated alkanes) is 2. The summed E-state index contributed by atoms with van der Waals surface area (Å²) in [6.45, 7) is 5.77. The predicted octanol–water partition coefficient (Wildman–Crippen LogP) is 1.19. The minimum atomic E-state index is -0.597. The van der Waals surface area contributed by atoms with E-state index in [4.69, 9.17) is 5.73 Å². The highest BCUT2D eigenvalue weighted by molar-refractivity contribution is 5.97. The van der Waals surface area contributed by atoms with Gasteiger partial charge in [-0.1, -0.05) is 33.6 Å². The molecule has 1 atom stereocenters. The van der Waals surface area contributed by atoms with Crippen molar-refractivity contribution in [2.24, 2.45) is 11.7 Å². The van der Waals surface area contributed by atoms with Crippen LogP contribution in [0.5, 0.6) is 0 Å². The van der Waals surface area contributed by atoms with Gasteiger partial charge in [0, 0.05) is 6.42 Å². The zero-order valence-electron chi connectivity index (χ0n) is 9.88. The highest BCUT2D eigenvalue weighted by Crippen LogP contribution is 2.00. The number of carbonyl (C=O) groups is 2. The normalized spacial score (nSPS) is 12.6. The van der Waals surface area contributed by atoms with Crippen molar-refractivity contribution in [3.8, 4) is 0 Å². The van der Waals surface area contributed by atoms with E-state index < -0.39 is 6.04 Å². The summed E-state index contributed by atoms with van der Waals surface area (Å²) in [6, 6.07) is -0.597. The van der Waals surface area contributed by atoms with Crippen LogP contribution in [-0.4, -0.2) is 17.9 Å². The predicted molar refractivity (Wildman–Crippen MR) is 60.1 cm³/mol. The molecule has 4 heteroatoms. The summed E-state index contributed by atoms with van der Waals surface area (Å²) in [5.41, 5.74) is 5.60. The molecule has 0 spiro atoms. The summed E-state index contributed by atoms with van der Waals surface area (Å²) < 4.78 is 0. The first-order valence-corrected chi connectivity index (χ1v) is 5.58. The van der Waals surface area contributed by atoms with Gasteiger partial charge in [-0.05, 0) is 12.3 Å². The molecule has 0 aromatic heterocycles. The first-order valence-electron chi connectivity index (χ1n) is 5.58. The first-order chi connectivity index (χ1) is 6.99. The molecule has 0 aromatic rings. The average molecular weight is 214 g/mol. The van der Waals surface area contributed by atoms with Crippen LogP contribution in [-0.2, 0) is 9.59 Å². The van der Waals surface area contributed by atoms with E-state index in [1.54, 1.807) is 0 Å². The van der Waals surface area contributed by atoms with Crippen molar-refractivity contribution in [1.29, 1.82) is 0 Å². The Hall–Kier alpha value is -0.900. The Morgan fingerprint density at radius 1 is 1.27 bits per heavy atom. The second-order valence-corrected chi connectivity index (χ2v) is 4.14. The summed E-state index contributed by atoms with van der Waals surface area (Å²) in [7, 11) is 0. The van der Waals surface area contributed by atoms with Crippen LogP contribution in [0.1, 0.15) is 46.5 Å². The molecule has 0 aromatic carbocycles. The van der Waals surface area contributed by atoms with E-state index in [1.165, 1.54) is 0 Å². The molecule has 88 valence electrons. The number of nitrogens with one attached hydrogen (secondary N) is 1. The van der Waals surface area contributed by atoms with Crippen LogP contribution in [0.2, 0.25) is 0 Å². The zero-order valence-corrected chi connectivity index (χ0v) is 9.88. The van der Waals surface area contributed by atoms with E-state index in [9.17, 15) is 9.59 Å². The van der Waals surface area contributed by atoms with E-state index in [0.717, 1.165) is 19.3 Å². The molecule has 2 amide bonds. The molecule has 0 aliphatic carbocycles. The fourth-order valence-electron chi connectivity index (χ4n) is 1.12. The summed E-state index contributed by atoms with van der Waals surface area (Å²) in [5, 5.41) is 2.32. The summed E-state index contributed by atoms with van der Waals surface area (Å²) in [5.74, 6) is -0.538. The van der Waals surface area contributed by atoms with Gasteiger partial charge in [0.15, 0.2) is 0 Å². The molecule has 0 unspecified atom stereocenters. The van der Waals surface area contributed by atoms with Crippen molar-refractivity contribution in [2.45, 2.75) is 52.5 Å². The lowest BCUT2D eigenvalue weighted by atomic mass is 10.0. The molecule has 0 heterocycles. The Morgan fingerprint density at radius 3 is 2.33 bits per heavy atom. The molecule has 0 radical (unpaired) electrons. The van der Waals surface area contributed by atoms with Crippen molar-refractivity contribution in [3.63, 3.8) is 0 Å². The fraction of sp³-hybridized carbons (Fsp3) is 0.818. The molecule has 3 N–H and O–H groups in total. The largest absolute Gasteiger partial charge is 0.320 e. The van der Waals surface area contributed by atoms with Crippen molar-refractivity contribution in [1.82, 2.24) is 5.32 Å². The number of amides is 2. The Balaban J connectivity index is 3.81. The van der Waals surface area contributed by atoms with Gasteiger partial charge in [0.1, 0.15) is 0 Å². The molecule has 0 saturated heterocycles. The molecule has 0 aliphatic heterocycles. The van der Waals surface area contributed by atoms with Gasteiger partial charge in [-0.3, -0.25) is 14.9 Å². The quantitative estimate of drug-likeness (QED) is 0.652. The number of hydrogen-bond acceptors (Lipinski definition) is 3. The van der Waals surface area contributed by atoms with Crippen molar-refractivity contribution in [2.75, 3.05) is 0 Å². The third kappa shape index (κ3) is 6.23. The van der Waals surface area contributed by atoms with Crippen molar-refractivity contribution < 1.29 is 9.59 Å². The van der Waals surface area contributed by atoms with Crippen LogP contribution in [0.15, 0.2) is 0 Å². The molecule has 0 aliphatic rings. The third-order valence-electron chi connectivity index (χ3n) is 2.29. The Morgan fingerprint density at radius 2 is 1.87 bits per heavy atom. The van der Waals surface area contributed by atoms with Crippen molar-refractivity contribution in [3.05, 3.63) is 0 Å². The molecule has 4 nitrogen and oxygen atoms in total. The smallest absolute Gasteiger partial charge is 0.243 e. The van der Waals surface area contributed by atoms with Crippen LogP contribution in [0.3, 0.4) is 0 Å². The van der Waals surface area contributed by atoms with Crippen LogP contribution in [0.4, 0.5) is 0 Å². The number of carbonyl (C=O) groups excluding carboxylic acids is 2. The molecular formula is C11H22N2O2. The third-order valence-corrected chi connectivity index (χ3v) is 2.29. The van der Waals surface area contributed by atoms with Crippen LogP contribution >= 0.6 is 0 Å². The van der Waals surface area contributed by atoms with Gasteiger partial charge in [-0.25, -0.2) is 0 Å². The molecular weight excluding hydrogens is 192 g/mol. The SMILES string of the molecule is CCCCCC(=O)NC(=O)[C@@H](N)C(C)C. The summed E-state index contributed by atoms with van der Waals surface area (Å²) >= 11 is 0. The van der Waals surface area contributed by atoms with Gasteiger partial charge < -0.3 is 5.73 Å². The zero-order chi connectivity index (χ0) is 11.8. The van der Waals surface area contributed by atoms with Crippen LogP contribution in [0, 0.1) is 5.92 Å². The summed E-state index contributed by atoms with van der Waals surface area (Å²) in [4.78, 5) is 22.6. The maximum absolute atomic E-state index is 11.4. The van der Waals surface area contributed by atoms with Gasteiger partial charge in [0.2, 0.25) is 11.8 Å². The van der Waals surface area contributed by atoms with Crippen LogP contribution in [0.25, 0.3) is 0 Å². The topological polar surface area (TPSA) is 72.2 Å². The van der Waals surface area contributed by atoms with E-state index in [0.29, 0.717) is 6.42 Å². The number of rotatable bonds is 6. The molecule has 0 rings (SSSR count). The van der Waals surface area contributed by atoms with E-state index in [2.05, 4.69) is 12.2 Å². The van der Waals surface area contributed by atoms with Gasteiger partial charge in [-0.15, -0.1) is 0 Å². The lowest BCUT2D eigenvalue weighted by Crippen LogP contribution is -2.46. The molecule has 0 fully saturated rings. The Bertz CT molecular complexity index is 215. The second kappa shape index (κ2) is 7.40. The molecule has 0 saturated carbocycles. The maximum atomic E-state index is 11.4. The van der Waals surface area contributed by atoms with Crippen molar-refractivity contribution >= 4 is 11.8 Å². The number of nitrogens with two attached hydrogens (primary N) is 1. The minimum Gasteiger partial charge on any atom is -0.320 e. The highest BCUT2D eigenvalue weighted by atomic mass is 16.2. The average Bonchev–Trinajstić information content (AvgIpc) is 2.16. The standard InChI is InChI=1S/C11H22N2O2/c1-4-5-6-7-9(14)13-11(15)10(12)8(2)3/h8,10H,4-7,12H2,1-3H3,(H,13,14,15)/t10-/m0/s1. The number of imide groups is 1. The van der Waals surface area contributed by atoms with Gasteiger partial charge >= 0.3 is 0 Å². The van der Waals surface area contributed by atoms with Gasteiger partial charge in [-0.2, -0.15) is 0 Å². The van der Waals surface area contributed by atoms with E-state index >= 15 is 0 Å². The monoisotopic (exact) mass is 214 g/mol. The maximum Gasteiger partial charge on any atom is 0.243 e. The number of hydrogen-bond donors (Lipinski definition) is 2. The first kappa shape index (κ1) is 14.1. The van der Waals surface area contributed by atoms with Crippen LogP contribution < -0.4 is 11.1 Å². The lowest BCUT2D eigenvalue weighted by Gasteiger charge is -2.14. The Labute approximate surface area is 91.6 Å². The highest BCUT2D eigenvalue weighted by Gasteiger charge is 2.18. The minimum absolute atomic E-state index is 0.0495. The fourth-order valence-corrected chi connectivity index (χ4v) is 1.12. The molecule has 0 bridgehead atoms. The van der Waals surface area contributed by atoms with E-state index in [-0.39, 0.29) is 17.7 Å². The van der Waals surface area contributed by atoms with E-state index in [1.807, 2.05) is 13.8 Å².